The van der Waals surface area contributed by atoms with E-state index in [0.29, 0.717) is 17.3 Å². The number of thioether (sulfide) groups is 1. The first-order valence-electron chi connectivity index (χ1n) is 8.30. The van der Waals surface area contributed by atoms with E-state index < -0.39 is 0 Å². The van der Waals surface area contributed by atoms with Gasteiger partial charge in [-0.3, -0.25) is 4.79 Å². The summed E-state index contributed by atoms with van der Waals surface area (Å²) in [4.78, 5) is 12.1. The zero-order chi connectivity index (χ0) is 18.4. The van der Waals surface area contributed by atoms with E-state index in [0.717, 1.165) is 28.7 Å². The molecule has 0 aliphatic heterocycles. The number of carbonyl (C=O) groups is 1. The number of nitrogens with one attached hydrogen (secondary N) is 1. The Morgan fingerprint density at radius 3 is 2.54 bits per heavy atom. The van der Waals surface area contributed by atoms with E-state index in [1.807, 2.05) is 66.1 Å². The van der Waals surface area contributed by atoms with Gasteiger partial charge in [-0.2, -0.15) is 0 Å². The number of benzene rings is 2. The molecule has 2 aromatic carbocycles. The Morgan fingerprint density at radius 1 is 1.12 bits per heavy atom. The SMILES string of the molecule is CCn1c(SCC(=O)NCc2ccccc2)nnc1-c1ccc(Cl)cc1. The van der Waals surface area contributed by atoms with E-state index >= 15 is 0 Å². The van der Waals surface area contributed by atoms with E-state index in [1.54, 1.807) is 0 Å². The molecule has 26 heavy (non-hydrogen) atoms. The summed E-state index contributed by atoms with van der Waals surface area (Å²) in [5, 5.41) is 12.8. The lowest BCUT2D eigenvalue weighted by molar-refractivity contribution is -0.118. The molecule has 134 valence electrons. The number of hydrogen-bond acceptors (Lipinski definition) is 4. The Kier molecular flexibility index (Phi) is 6.30. The third kappa shape index (κ3) is 4.65. The van der Waals surface area contributed by atoms with Crippen LogP contribution in [0.25, 0.3) is 11.4 Å². The molecule has 0 aliphatic rings. The minimum atomic E-state index is -0.0300. The predicted octanol–water partition coefficient (Wildman–Crippen LogP) is 4.03. The molecule has 0 aliphatic carbocycles. The van der Waals surface area contributed by atoms with Crippen molar-refractivity contribution in [1.29, 1.82) is 0 Å². The number of nitrogens with zero attached hydrogens (tertiary/aromatic N) is 3. The molecule has 1 heterocycles. The summed E-state index contributed by atoms with van der Waals surface area (Å²) in [7, 11) is 0. The molecule has 3 rings (SSSR count). The van der Waals surface area contributed by atoms with E-state index in [9.17, 15) is 4.79 Å². The molecule has 1 amide bonds. The van der Waals surface area contributed by atoms with Crippen molar-refractivity contribution in [2.75, 3.05) is 5.75 Å². The number of amides is 1. The van der Waals surface area contributed by atoms with Crippen molar-refractivity contribution >= 4 is 29.3 Å². The molecule has 0 spiro atoms. The predicted molar refractivity (Wildman–Crippen MR) is 105 cm³/mol. The molecule has 0 radical (unpaired) electrons. The molecule has 0 saturated carbocycles. The molecule has 5 nitrogen and oxygen atoms in total. The van der Waals surface area contributed by atoms with Gasteiger partial charge in [0.1, 0.15) is 0 Å². The maximum Gasteiger partial charge on any atom is 0.230 e. The maximum absolute atomic E-state index is 12.1. The third-order valence-electron chi connectivity index (χ3n) is 3.80. The first-order valence-corrected chi connectivity index (χ1v) is 9.66. The van der Waals surface area contributed by atoms with Crippen molar-refractivity contribution in [1.82, 2.24) is 20.1 Å². The van der Waals surface area contributed by atoms with Gasteiger partial charge >= 0.3 is 0 Å². The van der Waals surface area contributed by atoms with Gasteiger partial charge in [-0.05, 0) is 36.8 Å². The van der Waals surface area contributed by atoms with Crippen LogP contribution in [0.15, 0.2) is 59.8 Å². The fourth-order valence-electron chi connectivity index (χ4n) is 2.47. The van der Waals surface area contributed by atoms with Crippen LogP contribution in [-0.2, 0) is 17.9 Å². The molecule has 0 fully saturated rings. The Hall–Kier alpha value is -2.31. The van der Waals surface area contributed by atoms with Gasteiger partial charge in [-0.1, -0.05) is 53.7 Å². The largest absolute Gasteiger partial charge is 0.351 e. The summed E-state index contributed by atoms with van der Waals surface area (Å²) < 4.78 is 2.00. The van der Waals surface area contributed by atoms with E-state index in [2.05, 4.69) is 15.5 Å². The van der Waals surface area contributed by atoms with Crippen LogP contribution in [0.2, 0.25) is 5.02 Å². The molecular formula is C19H19ClN4OS. The average Bonchev–Trinajstić information content (AvgIpc) is 3.09. The summed E-state index contributed by atoms with van der Waals surface area (Å²) >= 11 is 7.33. The zero-order valence-electron chi connectivity index (χ0n) is 14.4. The monoisotopic (exact) mass is 386 g/mol. The van der Waals surface area contributed by atoms with Crippen molar-refractivity contribution in [3.63, 3.8) is 0 Å². The Morgan fingerprint density at radius 2 is 1.85 bits per heavy atom. The zero-order valence-corrected chi connectivity index (χ0v) is 15.9. The van der Waals surface area contributed by atoms with E-state index in [4.69, 9.17) is 11.6 Å². The summed E-state index contributed by atoms with van der Waals surface area (Å²) in [6.45, 7) is 3.28. The lowest BCUT2D eigenvalue weighted by Gasteiger charge is -2.08. The summed E-state index contributed by atoms with van der Waals surface area (Å²) in [6, 6.07) is 17.3. The van der Waals surface area contributed by atoms with Crippen LogP contribution >= 0.6 is 23.4 Å². The molecule has 7 heteroatoms. The molecule has 3 aromatic rings. The van der Waals surface area contributed by atoms with Crippen LogP contribution in [0.3, 0.4) is 0 Å². The number of rotatable bonds is 7. The first kappa shape index (κ1) is 18.5. The summed E-state index contributed by atoms with van der Waals surface area (Å²) in [6.07, 6.45) is 0. The Balaban J connectivity index is 1.61. The first-order chi connectivity index (χ1) is 12.7. The fourth-order valence-corrected chi connectivity index (χ4v) is 3.43. The van der Waals surface area contributed by atoms with Gasteiger partial charge in [0, 0.05) is 23.7 Å². The normalized spacial score (nSPS) is 10.7. The van der Waals surface area contributed by atoms with Crippen LogP contribution in [0.4, 0.5) is 0 Å². The topological polar surface area (TPSA) is 59.8 Å². The van der Waals surface area contributed by atoms with Crippen molar-refractivity contribution in [3.05, 3.63) is 65.2 Å². The molecule has 1 N–H and O–H groups in total. The highest BCUT2D eigenvalue weighted by atomic mass is 35.5. The van der Waals surface area contributed by atoms with Gasteiger partial charge in [0.25, 0.3) is 0 Å². The van der Waals surface area contributed by atoms with Gasteiger partial charge in [-0.25, -0.2) is 0 Å². The van der Waals surface area contributed by atoms with Crippen molar-refractivity contribution in [2.24, 2.45) is 0 Å². The van der Waals surface area contributed by atoms with Crippen LogP contribution in [-0.4, -0.2) is 26.4 Å². The second-order valence-corrected chi connectivity index (χ2v) is 6.99. The van der Waals surface area contributed by atoms with Crippen LogP contribution in [0.5, 0.6) is 0 Å². The maximum atomic E-state index is 12.1. The molecule has 1 aromatic heterocycles. The van der Waals surface area contributed by atoms with Crippen molar-refractivity contribution < 1.29 is 4.79 Å². The Labute approximate surface area is 161 Å². The molecular weight excluding hydrogens is 368 g/mol. The highest BCUT2D eigenvalue weighted by Gasteiger charge is 2.14. The molecule has 0 saturated heterocycles. The van der Waals surface area contributed by atoms with Gasteiger partial charge in [0.05, 0.1) is 5.75 Å². The minimum Gasteiger partial charge on any atom is -0.351 e. The Bertz CT molecular complexity index is 865. The van der Waals surface area contributed by atoms with Gasteiger partial charge < -0.3 is 9.88 Å². The number of aromatic nitrogens is 3. The quantitative estimate of drug-likeness (QED) is 0.623. The number of carbonyl (C=O) groups excluding carboxylic acids is 1. The highest BCUT2D eigenvalue weighted by Crippen LogP contribution is 2.25. The lowest BCUT2D eigenvalue weighted by Crippen LogP contribution is -2.24. The van der Waals surface area contributed by atoms with E-state index in [-0.39, 0.29) is 5.91 Å². The fraction of sp³-hybridized carbons (Fsp3) is 0.211. The van der Waals surface area contributed by atoms with Crippen LogP contribution in [0, 0.1) is 0 Å². The minimum absolute atomic E-state index is 0.0300. The van der Waals surface area contributed by atoms with E-state index in [1.165, 1.54) is 11.8 Å². The van der Waals surface area contributed by atoms with Gasteiger partial charge in [-0.15, -0.1) is 10.2 Å². The van der Waals surface area contributed by atoms with Crippen LogP contribution in [0.1, 0.15) is 12.5 Å². The third-order valence-corrected chi connectivity index (χ3v) is 5.02. The van der Waals surface area contributed by atoms with Gasteiger partial charge in [0.2, 0.25) is 5.91 Å². The summed E-state index contributed by atoms with van der Waals surface area (Å²) in [5.41, 5.74) is 2.02. The van der Waals surface area contributed by atoms with Gasteiger partial charge in [0.15, 0.2) is 11.0 Å². The van der Waals surface area contributed by atoms with Crippen molar-refractivity contribution in [2.45, 2.75) is 25.2 Å². The second-order valence-electron chi connectivity index (χ2n) is 5.61. The highest BCUT2D eigenvalue weighted by molar-refractivity contribution is 7.99. The summed E-state index contributed by atoms with van der Waals surface area (Å²) in [5.74, 6) is 1.04. The number of halogens is 1. The number of hydrogen-bond donors (Lipinski definition) is 1. The smallest absolute Gasteiger partial charge is 0.230 e. The molecule has 0 atom stereocenters. The van der Waals surface area contributed by atoms with Crippen LogP contribution < -0.4 is 5.32 Å². The van der Waals surface area contributed by atoms with Crippen molar-refractivity contribution in [3.8, 4) is 11.4 Å². The molecule has 0 unspecified atom stereocenters. The standard InChI is InChI=1S/C19H19ClN4OS/c1-2-24-18(15-8-10-16(20)11-9-15)22-23-19(24)26-13-17(25)21-12-14-6-4-3-5-7-14/h3-11H,2,12-13H2,1H3,(H,21,25). The molecule has 0 bridgehead atoms. The average molecular weight is 387 g/mol. The lowest BCUT2D eigenvalue weighted by atomic mass is 10.2. The second kappa shape index (κ2) is 8.87.